The van der Waals surface area contributed by atoms with Crippen LogP contribution in [-0.2, 0) is 6.54 Å². The maximum absolute atomic E-state index is 4.25. The Hall–Kier alpha value is -0.710. The summed E-state index contributed by atoms with van der Waals surface area (Å²) < 4.78 is 0. The van der Waals surface area contributed by atoms with Gasteiger partial charge in [0.15, 0.2) is 0 Å². The molecule has 1 aliphatic heterocycles. The van der Waals surface area contributed by atoms with Gasteiger partial charge in [0.25, 0.3) is 0 Å². The highest BCUT2D eigenvalue weighted by Crippen LogP contribution is 2.00. The van der Waals surface area contributed by atoms with E-state index in [-0.39, 0.29) is 12.4 Å². The Labute approximate surface area is 90.2 Å². The lowest BCUT2D eigenvalue weighted by atomic mass is 10.3. The molecule has 0 amide bonds. The lowest BCUT2D eigenvalue weighted by Crippen LogP contribution is -2.43. The largest absolute Gasteiger partial charge is 0.314 e. The SMILES string of the molecule is Cl.c1cnc(CN2CCNCC2)cn1. The summed E-state index contributed by atoms with van der Waals surface area (Å²) in [4.78, 5) is 10.7. The fourth-order valence-corrected chi connectivity index (χ4v) is 1.51. The van der Waals surface area contributed by atoms with Gasteiger partial charge in [0.1, 0.15) is 0 Å². The first-order valence-electron chi connectivity index (χ1n) is 4.63. The number of rotatable bonds is 2. The third-order valence-corrected chi connectivity index (χ3v) is 2.21. The molecule has 1 N–H and O–H groups in total. The van der Waals surface area contributed by atoms with E-state index in [1.54, 1.807) is 12.4 Å². The lowest BCUT2D eigenvalue weighted by molar-refractivity contribution is 0.230. The van der Waals surface area contributed by atoms with E-state index in [2.05, 4.69) is 20.2 Å². The van der Waals surface area contributed by atoms with Crippen LogP contribution in [0, 0.1) is 0 Å². The van der Waals surface area contributed by atoms with E-state index in [4.69, 9.17) is 0 Å². The maximum atomic E-state index is 4.25. The molecule has 0 saturated carbocycles. The normalized spacial score (nSPS) is 17.4. The monoisotopic (exact) mass is 214 g/mol. The quantitative estimate of drug-likeness (QED) is 0.769. The van der Waals surface area contributed by atoms with E-state index in [9.17, 15) is 0 Å². The average molecular weight is 215 g/mol. The van der Waals surface area contributed by atoms with Crippen LogP contribution < -0.4 is 5.32 Å². The second-order valence-corrected chi connectivity index (χ2v) is 3.22. The van der Waals surface area contributed by atoms with Crippen molar-refractivity contribution in [2.75, 3.05) is 26.2 Å². The minimum absolute atomic E-state index is 0. The summed E-state index contributed by atoms with van der Waals surface area (Å²) in [5.41, 5.74) is 1.06. The van der Waals surface area contributed by atoms with Crippen LogP contribution >= 0.6 is 12.4 Å². The van der Waals surface area contributed by atoms with Crippen molar-refractivity contribution >= 4 is 12.4 Å². The van der Waals surface area contributed by atoms with Gasteiger partial charge in [-0.05, 0) is 0 Å². The average Bonchev–Trinajstić information content (AvgIpc) is 2.21. The zero-order chi connectivity index (χ0) is 8.93. The predicted octanol–water partition coefficient (Wildman–Crippen LogP) is 0.304. The van der Waals surface area contributed by atoms with Gasteiger partial charge in [-0.15, -0.1) is 12.4 Å². The molecule has 2 heterocycles. The van der Waals surface area contributed by atoms with E-state index in [0.29, 0.717) is 0 Å². The molecule has 0 aromatic carbocycles. The Morgan fingerprint density at radius 1 is 1.29 bits per heavy atom. The highest BCUT2D eigenvalue weighted by molar-refractivity contribution is 5.85. The Kier molecular flexibility index (Phi) is 4.79. The number of hydrogen-bond donors (Lipinski definition) is 1. The van der Waals surface area contributed by atoms with Crippen LogP contribution in [0.1, 0.15) is 5.69 Å². The van der Waals surface area contributed by atoms with Gasteiger partial charge >= 0.3 is 0 Å². The fourth-order valence-electron chi connectivity index (χ4n) is 1.51. The van der Waals surface area contributed by atoms with Gasteiger partial charge in [-0.3, -0.25) is 14.9 Å². The molecule has 5 heteroatoms. The van der Waals surface area contributed by atoms with Gasteiger partial charge in [-0.25, -0.2) is 0 Å². The third kappa shape index (κ3) is 3.21. The van der Waals surface area contributed by atoms with Gasteiger partial charge < -0.3 is 5.32 Å². The number of nitrogens with zero attached hydrogens (tertiary/aromatic N) is 3. The van der Waals surface area contributed by atoms with Crippen LogP contribution in [0.5, 0.6) is 0 Å². The van der Waals surface area contributed by atoms with E-state index in [1.807, 2.05) is 6.20 Å². The van der Waals surface area contributed by atoms with Crippen molar-refractivity contribution in [3.8, 4) is 0 Å². The second kappa shape index (κ2) is 5.90. The molecule has 0 atom stereocenters. The second-order valence-electron chi connectivity index (χ2n) is 3.22. The predicted molar refractivity (Wildman–Crippen MR) is 57.4 cm³/mol. The maximum Gasteiger partial charge on any atom is 0.0726 e. The topological polar surface area (TPSA) is 41.1 Å². The first-order chi connectivity index (χ1) is 6.45. The zero-order valence-corrected chi connectivity index (χ0v) is 8.83. The van der Waals surface area contributed by atoms with Gasteiger partial charge in [0, 0.05) is 51.3 Å². The number of aromatic nitrogens is 2. The minimum atomic E-state index is 0. The molecule has 0 unspecified atom stereocenters. The fraction of sp³-hybridized carbons (Fsp3) is 0.556. The summed E-state index contributed by atoms with van der Waals surface area (Å²) in [6.07, 6.45) is 5.29. The van der Waals surface area contributed by atoms with Crippen molar-refractivity contribution in [3.63, 3.8) is 0 Å². The first kappa shape index (κ1) is 11.4. The molecule has 4 nitrogen and oxygen atoms in total. The van der Waals surface area contributed by atoms with Crippen LogP contribution in [0.25, 0.3) is 0 Å². The molecular weight excluding hydrogens is 200 g/mol. The highest BCUT2D eigenvalue weighted by atomic mass is 35.5. The highest BCUT2D eigenvalue weighted by Gasteiger charge is 2.09. The van der Waals surface area contributed by atoms with Crippen LogP contribution in [0.15, 0.2) is 18.6 Å². The number of nitrogens with one attached hydrogen (secondary N) is 1. The van der Waals surface area contributed by atoms with Crippen molar-refractivity contribution in [1.82, 2.24) is 20.2 Å². The smallest absolute Gasteiger partial charge is 0.0726 e. The standard InChI is InChI=1S/C9H14N4.ClH/c1-2-12-9(7-11-1)8-13-5-3-10-4-6-13;/h1-2,7,10H,3-6,8H2;1H. The molecule has 0 radical (unpaired) electrons. The molecule has 0 aliphatic carbocycles. The molecule has 1 saturated heterocycles. The van der Waals surface area contributed by atoms with E-state index >= 15 is 0 Å². The molecule has 14 heavy (non-hydrogen) atoms. The van der Waals surface area contributed by atoms with E-state index < -0.39 is 0 Å². The van der Waals surface area contributed by atoms with Crippen LogP contribution in [-0.4, -0.2) is 41.0 Å². The van der Waals surface area contributed by atoms with Crippen molar-refractivity contribution in [2.24, 2.45) is 0 Å². The number of piperazine rings is 1. The van der Waals surface area contributed by atoms with E-state index in [0.717, 1.165) is 38.4 Å². The molecule has 0 bridgehead atoms. The summed E-state index contributed by atoms with van der Waals surface area (Å²) in [6.45, 7) is 5.31. The molecule has 1 aromatic heterocycles. The van der Waals surface area contributed by atoms with Crippen LogP contribution in [0.4, 0.5) is 0 Å². The van der Waals surface area contributed by atoms with Gasteiger partial charge in [-0.2, -0.15) is 0 Å². The Morgan fingerprint density at radius 2 is 2.07 bits per heavy atom. The van der Waals surface area contributed by atoms with Gasteiger partial charge in [0.05, 0.1) is 5.69 Å². The minimum Gasteiger partial charge on any atom is -0.314 e. The van der Waals surface area contributed by atoms with Crippen molar-refractivity contribution in [1.29, 1.82) is 0 Å². The third-order valence-electron chi connectivity index (χ3n) is 2.21. The van der Waals surface area contributed by atoms with Crippen molar-refractivity contribution < 1.29 is 0 Å². The summed E-state index contributed by atoms with van der Waals surface area (Å²) in [6, 6.07) is 0. The molecule has 1 aliphatic rings. The Morgan fingerprint density at radius 3 is 2.71 bits per heavy atom. The molecule has 0 spiro atoms. The first-order valence-corrected chi connectivity index (χ1v) is 4.63. The zero-order valence-electron chi connectivity index (χ0n) is 8.02. The molecular formula is C9H15ClN4. The molecule has 1 aromatic rings. The molecule has 78 valence electrons. The van der Waals surface area contributed by atoms with Gasteiger partial charge in [-0.1, -0.05) is 0 Å². The summed E-state index contributed by atoms with van der Waals surface area (Å²) in [5, 5.41) is 3.32. The van der Waals surface area contributed by atoms with Crippen LogP contribution in [0.2, 0.25) is 0 Å². The van der Waals surface area contributed by atoms with Crippen LogP contribution in [0.3, 0.4) is 0 Å². The summed E-state index contributed by atoms with van der Waals surface area (Å²) in [5.74, 6) is 0. The summed E-state index contributed by atoms with van der Waals surface area (Å²) in [7, 11) is 0. The van der Waals surface area contributed by atoms with Crippen molar-refractivity contribution in [2.45, 2.75) is 6.54 Å². The summed E-state index contributed by atoms with van der Waals surface area (Å²) >= 11 is 0. The molecule has 2 rings (SSSR count). The van der Waals surface area contributed by atoms with E-state index in [1.165, 1.54) is 0 Å². The Balaban J connectivity index is 0.000000980. The lowest BCUT2D eigenvalue weighted by Gasteiger charge is -2.26. The number of hydrogen-bond acceptors (Lipinski definition) is 4. The number of halogens is 1. The molecule has 1 fully saturated rings. The van der Waals surface area contributed by atoms with Crippen molar-refractivity contribution in [3.05, 3.63) is 24.3 Å². The van der Waals surface area contributed by atoms with Gasteiger partial charge in [0.2, 0.25) is 0 Å². The Bertz CT molecular complexity index is 248.